The fourth-order valence-corrected chi connectivity index (χ4v) is 3.60. The quantitative estimate of drug-likeness (QED) is 0.190. The Bertz CT molecular complexity index is 981. The largest absolute Gasteiger partial charge is 0.480 e. The van der Waals surface area contributed by atoms with Gasteiger partial charge in [-0.25, -0.2) is 4.79 Å². The number of thioether (sulfide) groups is 1. The Morgan fingerprint density at radius 3 is 2.52 bits per heavy atom. The van der Waals surface area contributed by atoms with Gasteiger partial charge in [-0.2, -0.15) is 11.8 Å². The first-order valence-electron chi connectivity index (χ1n) is 10.3. The standard InChI is InChI=1S/C21H29N5O6S/c1-33-7-6-16(21(31)32)26-20(30)17(11-27)25-18(28)10-24-19(29)14(22)8-12-9-23-15-5-3-2-4-13(12)15/h2-5,9,14,16-17,23,27H,6-8,10-11,22H2,1H3,(H,24,29)(H,25,28)(H,26,30)(H,31,32). The molecule has 0 bridgehead atoms. The minimum absolute atomic E-state index is 0.193. The number of carboxylic acid groups (broad SMARTS) is 1. The lowest BCUT2D eigenvalue weighted by atomic mass is 10.1. The number of aromatic nitrogens is 1. The molecule has 180 valence electrons. The van der Waals surface area contributed by atoms with E-state index in [1.165, 1.54) is 11.8 Å². The molecule has 2 aromatic rings. The number of aliphatic hydroxyl groups excluding tert-OH is 1. The number of nitrogens with two attached hydrogens (primary N) is 1. The average molecular weight is 480 g/mol. The Morgan fingerprint density at radius 1 is 1.12 bits per heavy atom. The zero-order valence-corrected chi connectivity index (χ0v) is 19.0. The third kappa shape index (κ3) is 7.77. The van der Waals surface area contributed by atoms with Crippen LogP contribution in [-0.2, 0) is 25.6 Å². The van der Waals surface area contributed by atoms with Crippen LogP contribution in [0.3, 0.4) is 0 Å². The molecule has 12 heteroatoms. The van der Waals surface area contributed by atoms with Crippen molar-refractivity contribution in [2.75, 3.05) is 25.2 Å². The number of carbonyl (C=O) groups excluding carboxylic acids is 3. The number of H-pyrrole nitrogens is 1. The number of rotatable bonds is 13. The van der Waals surface area contributed by atoms with Crippen molar-refractivity contribution in [2.24, 2.45) is 5.73 Å². The first-order valence-corrected chi connectivity index (χ1v) is 11.7. The van der Waals surface area contributed by atoms with Crippen LogP contribution in [0.15, 0.2) is 30.5 Å². The van der Waals surface area contributed by atoms with E-state index in [0.29, 0.717) is 5.75 Å². The number of nitrogens with one attached hydrogen (secondary N) is 4. The zero-order valence-electron chi connectivity index (χ0n) is 18.2. The molecular weight excluding hydrogens is 450 g/mol. The Labute approximate surface area is 194 Å². The summed E-state index contributed by atoms with van der Waals surface area (Å²) in [5, 5.41) is 26.5. The van der Waals surface area contributed by atoms with Gasteiger partial charge < -0.3 is 36.9 Å². The van der Waals surface area contributed by atoms with E-state index < -0.39 is 55.0 Å². The summed E-state index contributed by atoms with van der Waals surface area (Å²) in [6.45, 7) is -1.19. The molecule has 0 saturated carbocycles. The van der Waals surface area contributed by atoms with E-state index in [-0.39, 0.29) is 12.8 Å². The van der Waals surface area contributed by atoms with Gasteiger partial charge in [-0.05, 0) is 36.5 Å². The summed E-state index contributed by atoms with van der Waals surface area (Å²) in [5.41, 5.74) is 7.75. The van der Waals surface area contributed by atoms with Gasteiger partial charge in [-0.15, -0.1) is 0 Å². The van der Waals surface area contributed by atoms with Gasteiger partial charge in [0.1, 0.15) is 12.1 Å². The van der Waals surface area contributed by atoms with Gasteiger partial charge in [0, 0.05) is 17.1 Å². The third-order valence-electron chi connectivity index (χ3n) is 4.93. The molecule has 0 aliphatic carbocycles. The van der Waals surface area contributed by atoms with Crippen molar-refractivity contribution in [3.05, 3.63) is 36.0 Å². The van der Waals surface area contributed by atoms with Crippen LogP contribution in [0.25, 0.3) is 10.9 Å². The van der Waals surface area contributed by atoms with Crippen molar-refractivity contribution in [3.63, 3.8) is 0 Å². The molecule has 1 heterocycles. The molecule has 3 atom stereocenters. The smallest absolute Gasteiger partial charge is 0.326 e. The minimum Gasteiger partial charge on any atom is -0.480 e. The SMILES string of the molecule is CSCCC(NC(=O)C(CO)NC(=O)CNC(=O)C(N)Cc1c[nH]c2ccccc12)C(=O)O. The maximum Gasteiger partial charge on any atom is 0.326 e. The highest BCUT2D eigenvalue weighted by Gasteiger charge is 2.26. The van der Waals surface area contributed by atoms with E-state index in [2.05, 4.69) is 20.9 Å². The van der Waals surface area contributed by atoms with Crippen LogP contribution in [0.5, 0.6) is 0 Å². The number of amides is 3. The highest BCUT2D eigenvalue weighted by atomic mass is 32.2. The van der Waals surface area contributed by atoms with Crippen molar-refractivity contribution in [1.82, 2.24) is 20.9 Å². The Morgan fingerprint density at radius 2 is 1.85 bits per heavy atom. The van der Waals surface area contributed by atoms with E-state index in [9.17, 15) is 29.4 Å². The number of hydrogen-bond acceptors (Lipinski definition) is 7. The number of para-hydroxylation sites is 1. The number of hydrogen-bond donors (Lipinski definition) is 7. The van der Waals surface area contributed by atoms with Crippen LogP contribution in [0, 0.1) is 0 Å². The first kappa shape index (κ1) is 26.2. The molecule has 33 heavy (non-hydrogen) atoms. The molecule has 3 unspecified atom stereocenters. The molecule has 0 saturated heterocycles. The summed E-state index contributed by atoms with van der Waals surface area (Å²) in [6, 6.07) is 4.19. The van der Waals surface area contributed by atoms with Crippen molar-refractivity contribution < 1.29 is 29.4 Å². The number of benzene rings is 1. The molecule has 1 aromatic heterocycles. The maximum atomic E-state index is 12.3. The Balaban J connectivity index is 1.83. The summed E-state index contributed by atoms with van der Waals surface area (Å²) >= 11 is 1.43. The average Bonchev–Trinajstić information content (AvgIpc) is 3.20. The lowest BCUT2D eigenvalue weighted by molar-refractivity contribution is -0.142. The molecule has 0 fully saturated rings. The first-order chi connectivity index (χ1) is 15.8. The van der Waals surface area contributed by atoms with E-state index >= 15 is 0 Å². The molecule has 11 nitrogen and oxygen atoms in total. The molecule has 1 aromatic carbocycles. The monoisotopic (exact) mass is 479 g/mol. The number of aliphatic hydroxyl groups is 1. The van der Waals surface area contributed by atoms with E-state index in [1.807, 2.05) is 24.3 Å². The van der Waals surface area contributed by atoms with Gasteiger partial charge in [-0.3, -0.25) is 14.4 Å². The van der Waals surface area contributed by atoms with Crippen LogP contribution in [0.4, 0.5) is 0 Å². The maximum absolute atomic E-state index is 12.3. The number of carboxylic acids is 1. The molecule has 0 aliphatic rings. The van der Waals surface area contributed by atoms with Crippen molar-refractivity contribution in [2.45, 2.75) is 31.0 Å². The third-order valence-corrected chi connectivity index (χ3v) is 5.58. The molecule has 0 aliphatic heterocycles. The predicted molar refractivity (Wildman–Crippen MR) is 125 cm³/mol. The van der Waals surface area contributed by atoms with Gasteiger partial charge in [-0.1, -0.05) is 18.2 Å². The van der Waals surface area contributed by atoms with Crippen molar-refractivity contribution >= 4 is 46.4 Å². The molecule has 3 amide bonds. The summed E-state index contributed by atoms with van der Waals surface area (Å²) in [6.07, 6.45) is 4.03. The van der Waals surface area contributed by atoms with E-state index in [1.54, 1.807) is 12.5 Å². The van der Waals surface area contributed by atoms with Gasteiger partial charge >= 0.3 is 5.97 Å². The second-order valence-corrected chi connectivity index (χ2v) is 8.36. The van der Waals surface area contributed by atoms with Crippen LogP contribution in [-0.4, -0.2) is 82.2 Å². The van der Waals surface area contributed by atoms with Crippen LogP contribution in [0.1, 0.15) is 12.0 Å². The lowest BCUT2D eigenvalue weighted by Gasteiger charge is -2.20. The van der Waals surface area contributed by atoms with Gasteiger partial charge in [0.15, 0.2) is 0 Å². The Hall–Kier alpha value is -3.09. The fourth-order valence-electron chi connectivity index (χ4n) is 3.13. The van der Waals surface area contributed by atoms with Crippen LogP contribution < -0.4 is 21.7 Å². The molecule has 8 N–H and O–H groups in total. The topological polar surface area (TPSA) is 187 Å². The molecule has 0 radical (unpaired) electrons. The highest BCUT2D eigenvalue weighted by Crippen LogP contribution is 2.18. The van der Waals surface area contributed by atoms with Crippen molar-refractivity contribution in [1.29, 1.82) is 0 Å². The summed E-state index contributed by atoms with van der Waals surface area (Å²) in [7, 11) is 0. The highest BCUT2D eigenvalue weighted by molar-refractivity contribution is 7.98. The number of fused-ring (bicyclic) bond motifs is 1. The lowest BCUT2D eigenvalue weighted by Crippen LogP contribution is -2.55. The predicted octanol–water partition coefficient (Wildman–Crippen LogP) is -1.05. The van der Waals surface area contributed by atoms with Crippen LogP contribution >= 0.6 is 11.8 Å². The summed E-state index contributed by atoms with van der Waals surface area (Å²) in [4.78, 5) is 51.1. The Kier molecular flexibility index (Phi) is 10.2. The fraction of sp³-hybridized carbons (Fsp3) is 0.429. The zero-order chi connectivity index (χ0) is 24.4. The van der Waals surface area contributed by atoms with Gasteiger partial charge in [0.2, 0.25) is 17.7 Å². The van der Waals surface area contributed by atoms with E-state index in [0.717, 1.165) is 16.5 Å². The molecular formula is C21H29N5O6S. The summed E-state index contributed by atoms with van der Waals surface area (Å²) in [5.74, 6) is -2.81. The molecule has 2 rings (SSSR count). The second-order valence-electron chi connectivity index (χ2n) is 7.37. The number of aromatic amines is 1. The van der Waals surface area contributed by atoms with E-state index in [4.69, 9.17) is 5.73 Å². The van der Waals surface area contributed by atoms with Crippen LogP contribution in [0.2, 0.25) is 0 Å². The van der Waals surface area contributed by atoms with Gasteiger partial charge in [0.05, 0.1) is 19.2 Å². The molecule has 0 spiro atoms. The van der Waals surface area contributed by atoms with Gasteiger partial charge in [0.25, 0.3) is 0 Å². The number of carbonyl (C=O) groups is 4. The normalized spacial score (nSPS) is 13.7. The second kappa shape index (κ2) is 12.8. The minimum atomic E-state index is -1.36. The van der Waals surface area contributed by atoms with Crippen molar-refractivity contribution in [3.8, 4) is 0 Å². The number of aliphatic carboxylic acids is 1. The summed E-state index contributed by atoms with van der Waals surface area (Å²) < 4.78 is 0.